The number of carbonyl (C=O) groups is 2. The van der Waals surface area contributed by atoms with Crippen LogP contribution in [0.2, 0.25) is 0 Å². The van der Waals surface area contributed by atoms with Crippen LogP contribution in [0.5, 0.6) is 0 Å². The zero-order chi connectivity index (χ0) is 19.3. The van der Waals surface area contributed by atoms with Gasteiger partial charge < -0.3 is 15.2 Å². The molecule has 0 aromatic carbocycles. The highest BCUT2D eigenvalue weighted by Crippen LogP contribution is 2.44. The number of aliphatic hydroxyl groups excluding tert-OH is 1. The predicted octanol–water partition coefficient (Wildman–Crippen LogP) is 3.74. The summed E-state index contributed by atoms with van der Waals surface area (Å²) >= 11 is 2.88. The number of rotatable bonds is 7. The smallest absolute Gasteiger partial charge is 0.341 e. The first kappa shape index (κ1) is 21.3. The molecule has 0 saturated carbocycles. The highest BCUT2D eigenvalue weighted by Gasteiger charge is 2.34. The summed E-state index contributed by atoms with van der Waals surface area (Å²) in [6, 6.07) is 0. The lowest BCUT2D eigenvalue weighted by Gasteiger charge is -2.33. The van der Waals surface area contributed by atoms with E-state index in [0.717, 1.165) is 24.8 Å². The van der Waals surface area contributed by atoms with Crippen LogP contribution in [-0.2, 0) is 22.4 Å². The van der Waals surface area contributed by atoms with Gasteiger partial charge >= 0.3 is 5.97 Å². The van der Waals surface area contributed by atoms with Crippen molar-refractivity contribution in [3.05, 3.63) is 16.0 Å². The molecule has 1 aliphatic rings. The normalized spacial score (nSPS) is 16.9. The van der Waals surface area contributed by atoms with Gasteiger partial charge in [-0.2, -0.15) is 0 Å². The lowest BCUT2D eigenvalue weighted by molar-refractivity contribution is -0.113. The quantitative estimate of drug-likeness (QED) is 0.540. The van der Waals surface area contributed by atoms with E-state index in [1.807, 2.05) is 0 Å². The Morgan fingerprint density at radius 2 is 2.12 bits per heavy atom. The van der Waals surface area contributed by atoms with Gasteiger partial charge in [0.1, 0.15) is 5.00 Å². The second kappa shape index (κ2) is 9.24. The lowest BCUT2D eigenvalue weighted by Crippen LogP contribution is -2.26. The molecule has 0 aliphatic heterocycles. The van der Waals surface area contributed by atoms with Gasteiger partial charge in [0.05, 0.1) is 24.5 Å². The molecule has 1 heterocycles. The van der Waals surface area contributed by atoms with Gasteiger partial charge in [-0.3, -0.25) is 4.79 Å². The van der Waals surface area contributed by atoms with E-state index >= 15 is 0 Å². The van der Waals surface area contributed by atoms with Crippen LogP contribution in [0.3, 0.4) is 0 Å². The third kappa shape index (κ3) is 5.24. The number of esters is 1. The molecule has 1 atom stereocenters. The second-order valence-corrected chi connectivity index (χ2v) is 9.77. The first-order valence-electron chi connectivity index (χ1n) is 9.08. The summed E-state index contributed by atoms with van der Waals surface area (Å²) in [4.78, 5) is 25.9. The first-order chi connectivity index (χ1) is 12.3. The van der Waals surface area contributed by atoms with Crippen molar-refractivity contribution in [2.45, 2.75) is 47.0 Å². The number of hydrogen-bond acceptors (Lipinski definition) is 6. The third-order valence-corrected chi connectivity index (χ3v) is 6.80. The molecular weight excluding hydrogens is 370 g/mol. The van der Waals surface area contributed by atoms with E-state index in [9.17, 15) is 9.59 Å². The maximum Gasteiger partial charge on any atom is 0.341 e. The minimum atomic E-state index is -0.350. The van der Waals surface area contributed by atoms with Crippen molar-refractivity contribution < 1.29 is 19.4 Å². The van der Waals surface area contributed by atoms with E-state index in [4.69, 9.17) is 9.84 Å². The summed E-state index contributed by atoms with van der Waals surface area (Å²) in [6.45, 7) is 8.91. The van der Waals surface area contributed by atoms with Crippen LogP contribution in [0.4, 0.5) is 5.00 Å². The van der Waals surface area contributed by atoms with Gasteiger partial charge in [0, 0.05) is 10.6 Å². The summed E-state index contributed by atoms with van der Waals surface area (Å²) in [6.07, 6.45) is 2.82. The summed E-state index contributed by atoms with van der Waals surface area (Å²) in [5.41, 5.74) is 1.81. The molecular formula is C19H29NO4S2. The second-order valence-electron chi connectivity index (χ2n) is 7.56. The predicted molar refractivity (Wildman–Crippen MR) is 108 cm³/mol. The Morgan fingerprint density at radius 1 is 1.38 bits per heavy atom. The number of ether oxygens (including phenoxy) is 1. The Labute approximate surface area is 163 Å². The molecule has 146 valence electrons. The molecule has 5 nitrogen and oxygen atoms in total. The molecule has 0 bridgehead atoms. The van der Waals surface area contributed by atoms with Gasteiger partial charge in [-0.25, -0.2) is 4.79 Å². The van der Waals surface area contributed by atoms with E-state index in [1.165, 1.54) is 28.0 Å². The summed E-state index contributed by atoms with van der Waals surface area (Å²) in [5.74, 6) is 0.840. The van der Waals surface area contributed by atoms with Crippen molar-refractivity contribution in [1.29, 1.82) is 0 Å². The average Bonchev–Trinajstić information content (AvgIpc) is 2.91. The molecule has 1 amide bonds. The molecule has 26 heavy (non-hydrogen) atoms. The molecule has 0 saturated heterocycles. The van der Waals surface area contributed by atoms with E-state index in [0.29, 0.717) is 28.8 Å². The van der Waals surface area contributed by atoms with Crippen LogP contribution in [0, 0.1) is 11.3 Å². The van der Waals surface area contributed by atoms with Crippen molar-refractivity contribution >= 4 is 40.0 Å². The Balaban J connectivity index is 2.25. The Bertz CT molecular complexity index is 649. The molecule has 0 spiro atoms. The number of anilines is 1. The molecule has 1 aliphatic carbocycles. The zero-order valence-electron chi connectivity index (χ0n) is 16.0. The Kier molecular flexibility index (Phi) is 7.55. The van der Waals surface area contributed by atoms with Crippen LogP contribution in [-0.4, -0.2) is 41.7 Å². The third-order valence-electron chi connectivity index (χ3n) is 4.69. The van der Waals surface area contributed by atoms with Gasteiger partial charge in [-0.1, -0.05) is 20.8 Å². The van der Waals surface area contributed by atoms with E-state index in [1.54, 1.807) is 6.92 Å². The molecule has 1 aromatic heterocycles. The van der Waals surface area contributed by atoms with Crippen molar-refractivity contribution in [2.24, 2.45) is 11.3 Å². The fourth-order valence-electron chi connectivity index (χ4n) is 3.22. The standard InChI is InChI=1S/C19H29NO4S2/c1-5-24-18(23)16-13-7-6-12(19(2,3)4)10-14(13)26-17(16)20-15(22)11-25-9-8-21/h12,21H,5-11H2,1-4H3,(H,20,22)/t12-/m0/s1. The number of thiophene rings is 1. The number of fused-ring (bicyclic) bond motifs is 1. The van der Waals surface area contributed by atoms with Gasteiger partial charge in [-0.05, 0) is 43.1 Å². The SMILES string of the molecule is CCOC(=O)c1c(NC(=O)CSCCO)sc2c1CC[C@H](C(C)(C)C)C2. The van der Waals surface area contributed by atoms with E-state index in [-0.39, 0.29) is 29.7 Å². The largest absolute Gasteiger partial charge is 0.462 e. The molecule has 7 heteroatoms. The van der Waals surface area contributed by atoms with Crippen molar-refractivity contribution in [1.82, 2.24) is 0 Å². The summed E-state index contributed by atoms with van der Waals surface area (Å²) < 4.78 is 5.25. The molecule has 0 unspecified atom stereocenters. The lowest BCUT2D eigenvalue weighted by atomic mass is 9.72. The highest BCUT2D eigenvalue weighted by molar-refractivity contribution is 7.99. The fraction of sp³-hybridized carbons (Fsp3) is 0.684. The molecule has 0 radical (unpaired) electrons. The number of amides is 1. The Hall–Kier alpha value is -1.05. The maximum absolute atomic E-state index is 12.5. The maximum atomic E-state index is 12.5. The highest BCUT2D eigenvalue weighted by atomic mass is 32.2. The summed E-state index contributed by atoms with van der Waals surface area (Å²) in [5, 5.41) is 12.3. The van der Waals surface area contributed by atoms with Gasteiger partial charge in [0.2, 0.25) is 5.91 Å². The topological polar surface area (TPSA) is 75.6 Å². The number of carbonyl (C=O) groups excluding carboxylic acids is 2. The van der Waals surface area contributed by atoms with E-state index in [2.05, 4.69) is 26.1 Å². The van der Waals surface area contributed by atoms with Crippen molar-refractivity contribution in [2.75, 3.05) is 30.0 Å². The van der Waals surface area contributed by atoms with Gasteiger partial charge in [0.15, 0.2) is 0 Å². The molecule has 1 aromatic rings. The monoisotopic (exact) mass is 399 g/mol. The minimum absolute atomic E-state index is 0.0491. The van der Waals surface area contributed by atoms with Gasteiger partial charge in [-0.15, -0.1) is 23.1 Å². The minimum Gasteiger partial charge on any atom is -0.462 e. The molecule has 0 fully saturated rings. The van der Waals surface area contributed by atoms with Crippen LogP contribution in [0.15, 0.2) is 0 Å². The van der Waals surface area contributed by atoms with Crippen LogP contribution < -0.4 is 5.32 Å². The summed E-state index contributed by atoms with van der Waals surface area (Å²) in [7, 11) is 0. The fourth-order valence-corrected chi connectivity index (χ4v) is 5.09. The average molecular weight is 400 g/mol. The van der Waals surface area contributed by atoms with Crippen LogP contribution in [0.1, 0.15) is 54.9 Å². The molecule has 2 rings (SSSR count). The number of thioether (sulfide) groups is 1. The first-order valence-corrected chi connectivity index (χ1v) is 11.0. The zero-order valence-corrected chi connectivity index (χ0v) is 17.6. The molecule has 2 N–H and O–H groups in total. The number of aliphatic hydroxyl groups is 1. The number of nitrogens with one attached hydrogen (secondary N) is 1. The van der Waals surface area contributed by atoms with Crippen molar-refractivity contribution in [3.63, 3.8) is 0 Å². The van der Waals surface area contributed by atoms with Crippen LogP contribution >= 0.6 is 23.1 Å². The Morgan fingerprint density at radius 3 is 2.73 bits per heavy atom. The van der Waals surface area contributed by atoms with E-state index < -0.39 is 0 Å². The van der Waals surface area contributed by atoms with Crippen molar-refractivity contribution in [3.8, 4) is 0 Å². The van der Waals surface area contributed by atoms with Gasteiger partial charge in [0.25, 0.3) is 0 Å². The number of hydrogen-bond donors (Lipinski definition) is 2. The van der Waals surface area contributed by atoms with Crippen LogP contribution in [0.25, 0.3) is 0 Å².